The molecule has 0 aromatic rings. The Morgan fingerprint density at radius 2 is 0.600 bits per heavy atom. The number of rotatable bonds is 76. The van der Waals surface area contributed by atoms with E-state index in [9.17, 15) is 61.0 Å². The summed E-state index contributed by atoms with van der Waals surface area (Å²) < 4.78 is 34.6. The zero-order valence-electron chi connectivity index (χ0n) is 70.0. The van der Waals surface area contributed by atoms with Gasteiger partial charge >= 0.3 is 0 Å². The lowest BCUT2D eigenvalue weighted by Gasteiger charge is -2.48. The van der Waals surface area contributed by atoms with E-state index in [2.05, 4.69) is 43.5 Å². The molecule has 3 aliphatic rings. The molecule has 3 saturated heterocycles. The molecule has 3 fully saturated rings. The van der Waals surface area contributed by atoms with Gasteiger partial charge in [0.25, 0.3) is 0 Å². The maximum atomic E-state index is 13.5. The van der Waals surface area contributed by atoms with E-state index in [0.29, 0.717) is 6.42 Å². The van der Waals surface area contributed by atoms with Crippen LogP contribution in [0.3, 0.4) is 0 Å². The van der Waals surface area contributed by atoms with Gasteiger partial charge in [0.15, 0.2) is 18.9 Å². The van der Waals surface area contributed by atoms with Gasteiger partial charge in [-0.05, 0) is 51.4 Å². The van der Waals surface area contributed by atoms with Crippen LogP contribution in [0.1, 0.15) is 406 Å². The summed E-state index contributed by atoms with van der Waals surface area (Å²) in [6.45, 7) is 1.80. The van der Waals surface area contributed by atoms with Crippen molar-refractivity contribution in [3.8, 4) is 0 Å². The minimum Gasteiger partial charge on any atom is -0.394 e. The highest BCUT2D eigenvalue weighted by atomic mass is 16.8. The third kappa shape index (κ3) is 49.3. The normalized spacial score (nSPS) is 25.3. The second-order valence-corrected chi connectivity index (χ2v) is 33.1. The monoisotopic (exact) mass is 1570 g/mol. The molecule has 3 heterocycles. The Bertz CT molecular complexity index is 2120. The summed E-state index contributed by atoms with van der Waals surface area (Å²) in [6.07, 6.45) is 64.4. The first-order valence-electron chi connectivity index (χ1n) is 46.2. The lowest BCUT2D eigenvalue weighted by atomic mass is 9.96. The zero-order chi connectivity index (χ0) is 79.5. The first kappa shape index (κ1) is 102. The molecular weight excluding hydrogens is 1390 g/mol. The van der Waals surface area contributed by atoms with Crippen LogP contribution in [0, 0.1) is 0 Å². The van der Waals surface area contributed by atoms with Crippen LogP contribution in [0.5, 0.6) is 0 Å². The van der Waals surface area contributed by atoms with Crippen molar-refractivity contribution in [2.24, 2.45) is 0 Å². The molecular formula is C91H171NO18. The summed E-state index contributed by atoms with van der Waals surface area (Å²) >= 11 is 0. The van der Waals surface area contributed by atoms with Gasteiger partial charge in [-0.3, -0.25) is 4.79 Å². The quantitative estimate of drug-likeness (QED) is 0.0199. The molecule has 0 spiro atoms. The summed E-state index contributed by atoms with van der Waals surface area (Å²) in [6, 6.07) is -0.974. The Morgan fingerprint density at radius 3 is 0.927 bits per heavy atom. The second-order valence-electron chi connectivity index (χ2n) is 33.1. The molecule has 12 N–H and O–H groups in total. The minimum absolute atomic E-state index is 0.248. The summed E-state index contributed by atoms with van der Waals surface area (Å²) in [5.74, 6) is -0.267. The van der Waals surface area contributed by atoms with Gasteiger partial charge in [-0.2, -0.15) is 0 Å². The Labute approximate surface area is 670 Å². The van der Waals surface area contributed by atoms with Crippen molar-refractivity contribution in [3.05, 3.63) is 36.5 Å². The molecule has 19 heteroatoms. The Hall–Kier alpha value is -1.99. The lowest BCUT2D eigenvalue weighted by Crippen LogP contribution is -2.66. The first-order chi connectivity index (χ1) is 53.8. The number of amides is 1. The number of ether oxygens (including phenoxy) is 6. The zero-order valence-corrected chi connectivity index (χ0v) is 70.0. The number of nitrogens with one attached hydrogen (secondary N) is 1. The first-order valence-corrected chi connectivity index (χ1v) is 46.2. The van der Waals surface area contributed by atoms with Gasteiger partial charge in [0, 0.05) is 6.42 Å². The lowest BCUT2D eigenvalue weighted by molar-refractivity contribution is -0.379. The molecule has 17 unspecified atom stereocenters. The predicted molar refractivity (Wildman–Crippen MR) is 443 cm³/mol. The number of aliphatic hydroxyl groups excluding tert-OH is 11. The SMILES string of the molecule is CCCCCCC/C=C\C/C=C\CCCCCCCCCCCCCCCCCCCCCCCC(=O)NC(COC1OC(CO)C(OC2OC(CO)C(OC3OC(CO)C(O)C(O)C3O)C(O)C2O)C(O)C1O)C(O)/C=C/CCCCCCCCCCCCCCCCCCCCCCCCCCCCCCCC. The fourth-order valence-corrected chi connectivity index (χ4v) is 15.8. The fraction of sp³-hybridized carbons (Fsp3) is 0.923. The van der Waals surface area contributed by atoms with Crippen LogP contribution in [0.4, 0.5) is 0 Å². The molecule has 0 aliphatic carbocycles. The fourth-order valence-electron chi connectivity index (χ4n) is 15.8. The van der Waals surface area contributed by atoms with E-state index in [4.69, 9.17) is 28.4 Å². The van der Waals surface area contributed by atoms with Crippen molar-refractivity contribution >= 4 is 5.91 Å². The van der Waals surface area contributed by atoms with Gasteiger partial charge in [0.1, 0.15) is 73.2 Å². The third-order valence-electron chi connectivity index (χ3n) is 23.2. The summed E-state index contributed by atoms with van der Waals surface area (Å²) in [7, 11) is 0. The minimum atomic E-state index is -1.98. The second kappa shape index (κ2) is 71.1. The highest BCUT2D eigenvalue weighted by Gasteiger charge is 2.54. The number of carbonyl (C=O) groups is 1. The van der Waals surface area contributed by atoms with Crippen LogP contribution in [0.2, 0.25) is 0 Å². The number of hydrogen-bond acceptors (Lipinski definition) is 18. The van der Waals surface area contributed by atoms with E-state index in [1.807, 2.05) is 6.08 Å². The number of hydrogen-bond donors (Lipinski definition) is 12. The predicted octanol–water partition coefficient (Wildman–Crippen LogP) is 17.8. The number of unbranched alkanes of at least 4 members (excludes halogenated alkanes) is 56. The van der Waals surface area contributed by atoms with Crippen LogP contribution in [0.25, 0.3) is 0 Å². The maximum Gasteiger partial charge on any atom is 0.220 e. The average Bonchev–Trinajstić information content (AvgIpc) is 0.780. The standard InChI is InChI=1S/C91H171NO18/c1-3-5-7-9-11-13-15-17-19-21-23-25-27-29-31-33-35-37-39-41-43-45-47-49-51-53-55-57-59-61-63-65-67-69-79(97)92-74(75(96)68-66-64-62-60-58-56-54-52-50-48-46-44-42-40-38-36-34-32-30-28-26-24-22-20-18-16-14-12-10-8-6-4-2)73-105-89-85(103)82(100)87(77(71-94)107-89)110-91-86(104)83(101)88(78(72-95)108-91)109-90-84(102)81(99)80(98)76(70-93)106-90/h15,17,21,23,66,68,74-78,80-91,93-96,98-104H,3-14,16,18-20,22,24-65,67,69-73H2,1-2H3,(H,92,97)/b17-15-,23-21-,68-66+. The molecule has 19 nitrogen and oxygen atoms in total. The molecule has 3 rings (SSSR count). The molecule has 110 heavy (non-hydrogen) atoms. The Balaban J connectivity index is 1.32. The highest BCUT2D eigenvalue weighted by Crippen LogP contribution is 2.34. The van der Waals surface area contributed by atoms with Crippen molar-refractivity contribution in [1.82, 2.24) is 5.32 Å². The van der Waals surface area contributed by atoms with E-state index in [1.165, 1.54) is 327 Å². The third-order valence-corrected chi connectivity index (χ3v) is 23.2. The molecule has 0 saturated carbocycles. The molecule has 17 atom stereocenters. The summed E-state index contributed by atoms with van der Waals surface area (Å²) in [5.41, 5.74) is 0. The van der Waals surface area contributed by atoms with Crippen LogP contribution < -0.4 is 5.32 Å². The number of carbonyl (C=O) groups excluding carboxylic acids is 1. The molecule has 0 aromatic heterocycles. The van der Waals surface area contributed by atoms with Crippen molar-refractivity contribution in [2.45, 2.75) is 510 Å². The maximum absolute atomic E-state index is 13.5. The molecule has 648 valence electrons. The molecule has 0 aromatic carbocycles. The van der Waals surface area contributed by atoms with Crippen LogP contribution in [-0.2, 0) is 33.2 Å². The summed E-state index contributed by atoms with van der Waals surface area (Å²) in [4.78, 5) is 13.5. The van der Waals surface area contributed by atoms with E-state index >= 15 is 0 Å². The largest absolute Gasteiger partial charge is 0.394 e. The molecule has 0 bridgehead atoms. The van der Waals surface area contributed by atoms with Crippen LogP contribution in [0.15, 0.2) is 36.5 Å². The van der Waals surface area contributed by atoms with Crippen molar-refractivity contribution in [2.75, 3.05) is 26.4 Å². The van der Waals surface area contributed by atoms with Gasteiger partial charge < -0.3 is 89.9 Å². The topological polar surface area (TPSA) is 307 Å². The van der Waals surface area contributed by atoms with Crippen molar-refractivity contribution in [3.63, 3.8) is 0 Å². The van der Waals surface area contributed by atoms with Gasteiger partial charge in [0.2, 0.25) is 5.91 Å². The highest BCUT2D eigenvalue weighted by molar-refractivity contribution is 5.76. The molecule has 0 radical (unpaired) electrons. The summed E-state index contributed by atoms with van der Waals surface area (Å²) in [5, 5.41) is 121. The Morgan fingerprint density at radius 1 is 0.327 bits per heavy atom. The molecule has 1 amide bonds. The van der Waals surface area contributed by atoms with E-state index in [1.54, 1.807) is 6.08 Å². The Kier molecular flexibility index (Phi) is 66.1. The molecule has 3 aliphatic heterocycles. The van der Waals surface area contributed by atoms with E-state index in [-0.39, 0.29) is 18.9 Å². The van der Waals surface area contributed by atoms with Gasteiger partial charge in [-0.25, -0.2) is 0 Å². The van der Waals surface area contributed by atoms with Crippen LogP contribution in [-0.4, -0.2) is 193 Å². The van der Waals surface area contributed by atoms with Crippen molar-refractivity contribution in [1.29, 1.82) is 0 Å². The van der Waals surface area contributed by atoms with E-state index < -0.39 is 124 Å². The number of aliphatic hydroxyl groups is 11. The number of allylic oxidation sites excluding steroid dienone is 5. The smallest absolute Gasteiger partial charge is 0.220 e. The average molecular weight is 1570 g/mol. The van der Waals surface area contributed by atoms with Gasteiger partial charge in [-0.15, -0.1) is 0 Å². The van der Waals surface area contributed by atoms with Crippen molar-refractivity contribution < 1.29 is 89.4 Å². The van der Waals surface area contributed by atoms with Gasteiger partial charge in [0.05, 0.1) is 38.6 Å². The van der Waals surface area contributed by atoms with Crippen LogP contribution >= 0.6 is 0 Å². The van der Waals surface area contributed by atoms with Gasteiger partial charge in [-0.1, -0.05) is 384 Å². The van der Waals surface area contributed by atoms with E-state index in [0.717, 1.165) is 51.4 Å².